The summed E-state index contributed by atoms with van der Waals surface area (Å²) in [4.78, 5) is 15.1. The molecule has 2 fully saturated rings. The number of anilines is 1. The van der Waals surface area contributed by atoms with Gasteiger partial charge in [-0.15, -0.1) is 0 Å². The van der Waals surface area contributed by atoms with Crippen LogP contribution in [0.2, 0.25) is 0 Å². The number of benzene rings is 3. The highest BCUT2D eigenvalue weighted by molar-refractivity contribution is 6.04. The van der Waals surface area contributed by atoms with Crippen LogP contribution >= 0.6 is 0 Å². The largest absolute Gasteiger partial charge is 0.392 e. The van der Waals surface area contributed by atoms with Crippen LogP contribution in [0.25, 0.3) is 0 Å². The molecule has 3 atom stereocenters. The van der Waals surface area contributed by atoms with Crippen molar-refractivity contribution in [3.63, 3.8) is 0 Å². The third kappa shape index (κ3) is 7.08. The van der Waals surface area contributed by atoms with E-state index < -0.39 is 6.29 Å². The van der Waals surface area contributed by atoms with Gasteiger partial charge >= 0.3 is 0 Å². The zero-order valence-corrected chi connectivity index (χ0v) is 21.9. The van der Waals surface area contributed by atoms with E-state index in [4.69, 9.17) is 9.47 Å². The Labute approximate surface area is 225 Å². The van der Waals surface area contributed by atoms with Gasteiger partial charge in [0.25, 0.3) is 5.91 Å². The molecule has 2 N–H and O–H groups in total. The highest BCUT2D eigenvalue weighted by Crippen LogP contribution is 2.38. The SMILES string of the molecule is O=C(Nc1ccc([C@H]2O[C@@H](CN3CCCCCCC3)C[C@@H](c3ccc(CO)cc3)O2)cc1)c1ccccc1. The second-order valence-corrected chi connectivity index (χ2v) is 10.4. The predicted octanol–water partition coefficient (Wildman–Crippen LogP) is 6.24. The maximum atomic E-state index is 12.5. The molecule has 0 aliphatic carbocycles. The number of amides is 1. The molecule has 0 spiro atoms. The molecule has 0 unspecified atom stereocenters. The summed E-state index contributed by atoms with van der Waals surface area (Å²) in [6.07, 6.45) is 6.69. The highest BCUT2D eigenvalue weighted by Gasteiger charge is 2.33. The van der Waals surface area contributed by atoms with E-state index in [1.54, 1.807) is 12.1 Å². The Morgan fingerprint density at radius 1 is 0.816 bits per heavy atom. The lowest BCUT2D eigenvalue weighted by molar-refractivity contribution is -0.253. The fourth-order valence-corrected chi connectivity index (χ4v) is 5.33. The van der Waals surface area contributed by atoms with E-state index in [1.165, 1.54) is 32.1 Å². The van der Waals surface area contributed by atoms with Gasteiger partial charge in [-0.25, -0.2) is 0 Å². The minimum absolute atomic E-state index is 0.0300. The van der Waals surface area contributed by atoms with Crippen LogP contribution in [0.1, 0.15) is 78.0 Å². The van der Waals surface area contributed by atoms with Gasteiger partial charge in [0.2, 0.25) is 0 Å². The molecule has 6 nitrogen and oxygen atoms in total. The molecule has 2 heterocycles. The van der Waals surface area contributed by atoms with Crippen molar-refractivity contribution in [1.82, 2.24) is 4.90 Å². The number of rotatable bonds is 7. The average molecular weight is 515 g/mol. The van der Waals surface area contributed by atoms with E-state index in [0.29, 0.717) is 5.56 Å². The Kier molecular flexibility index (Phi) is 9.20. The zero-order chi connectivity index (χ0) is 26.2. The molecule has 38 heavy (non-hydrogen) atoms. The lowest BCUT2D eigenvalue weighted by Crippen LogP contribution is -2.40. The summed E-state index contributed by atoms with van der Waals surface area (Å²) in [5.41, 5.74) is 4.27. The minimum atomic E-state index is -0.495. The van der Waals surface area contributed by atoms with E-state index in [0.717, 1.165) is 48.4 Å². The lowest BCUT2D eigenvalue weighted by atomic mass is 9.99. The number of ether oxygens (including phenoxy) is 2. The summed E-state index contributed by atoms with van der Waals surface area (Å²) in [6.45, 7) is 3.17. The topological polar surface area (TPSA) is 71.0 Å². The molecule has 0 aromatic heterocycles. The Bertz CT molecular complexity index is 1140. The smallest absolute Gasteiger partial charge is 0.255 e. The fourth-order valence-electron chi connectivity index (χ4n) is 5.33. The van der Waals surface area contributed by atoms with Crippen LogP contribution in [-0.4, -0.2) is 41.7 Å². The van der Waals surface area contributed by atoms with Crippen LogP contribution < -0.4 is 5.32 Å². The molecule has 3 aromatic carbocycles. The molecule has 0 bridgehead atoms. The Hall–Kier alpha value is -3.03. The number of nitrogens with one attached hydrogen (secondary N) is 1. The van der Waals surface area contributed by atoms with Crippen molar-refractivity contribution in [1.29, 1.82) is 0 Å². The molecule has 3 aromatic rings. The van der Waals surface area contributed by atoms with Gasteiger partial charge in [0.15, 0.2) is 6.29 Å². The van der Waals surface area contributed by atoms with Gasteiger partial charge < -0.3 is 24.8 Å². The molecule has 2 aliphatic heterocycles. The van der Waals surface area contributed by atoms with E-state index in [2.05, 4.69) is 10.2 Å². The van der Waals surface area contributed by atoms with Crippen molar-refractivity contribution in [2.75, 3.05) is 25.0 Å². The summed E-state index contributed by atoms with van der Waals surface area (Å²) < 4.78 is 13.0. The Balaban J connectivity index is 1.30. The summed E-state index contributed by atoms with van der Waals surface area (Å²) in [5.74, 6) is -0.136. The van der Waals surface area contributed by atoms with Crippen molar-refractivity contribution in [3.8, 4) is 0 Å². The molecule has 1 amide bonds. The molecule has 0 saturated carbocycles. The first kappa shape index (κ1) is 26.6. The van der Waals surface area contributed by atoms with Crippen molar-refractivity contribution < 1.29 is 19.4 Å². The number of carbonyl (C=O) groups is 1. The summed E-state index contributed by atoms with van der Waals surface area (Å²) in [5, 5.41) is 12.4. The minimum Gasteiger partial charge on any atom is -0.392 e. The number of aliphatic hydroxyl groups excluding tert-OH is 1. The van der Waals surface area contributed by atoms with Crippen LogP contribution in [0.4, 0.5) is 5.69 Å². The second kappa shape index (κ2) is 13.2. The number of hydrogen-bond donors (Lipinski definition) is 2. The van der Waals surface area contributed by atoms with Crippen molar-refractivity contribution >= 4 is 11.6 Å². The number of carbonyl (C=O) groups excluding carboxylic acids is 1. The number of nitrogens with zero attached hydrogens (tertiary/aromatic N) is 1. The van der Waals surface area contributed by atoms with Crippen LogP contribution in [0.3, 0.4) is 0 Å². The Morgan fingerprint density at radius 2 is 1.47 bits per heavy atom. The van der Waals surface area contributed by atoms with Crippen molar-refractivity contribution in [2.45, 2.75) is 63.6 Å². The third-order valence-corrected chi connectivity index (χ3v) is 7.50. The number of likely N-dealkylation sites (tertiary alicyclic amines) is 1. The normalized spacial score (nSPS) is 22.8. The highest BCUT2D eigenvalue weighted by atomic mass is 16.7. The monoisotopic (exact) mass is 514 g/mol. The van der Waals surface area contributed by atoms with Gasteiger partial charge in [-0.2, -0.15) is 0 Å². The first-order valence-electron chi connectivity index (χ1n) is 13.9. The zero-order valence-electron chi connectivity index (χ0n) is 21.9. The van der Waals surface area contributed by atoms with Crippen molar-refractivity contribution in [2.24, 2.45) is 0 Å². The van der Waals surface area contributed by atoms with E-state index in [-0.39, 0.29) is 24.7 Å². The van der Waals surface area contributed by atoms with Gasteiger partial charge in [-0.1, -0.05) is 73.9 Å². The van der Waals surface area contributed by atoms with E-state index >= 15 is 0 Å². The predicted molar refractivity (Wildman–Crippen MR) is 149 cm³/mol. The Morgan fingerprint density at radius 3 is 2.16 bits per heavy atom. The first-order valence-corrected chi connectivity index (χ1v) is 13.9. The molecule has 200 valence electrons. The van der Waals surface area contributed by atoms with Crippen LogP contribution in [0, 0.1) is 0 Å². The summed E-state index contributed by atoms with van der Waals surface area (Å²) in [6, 6.07) is 25.0. The molecule has 0 radical (unpaired) electrons. The van der Waals surface area contributed by atoms with Gasteiger partial charge in [-0.05, 0) is 61.3 Å². The summed E-state index contributed by atoms with van der Waals surface area (Å²) >= 11 is 0. The van der Waals surface area contributed by atoms with Crippen LogP contribution in [0.5, 0.6) is 0 Å². The third-order valence-electron chi connectivity index (χ3n) is 7.50. The maximum absolute atomic E-state index is 12.5. The van der Waals surface area contributed by atoms with Crippen LogP contribution in [0.15, 0.2) is 78.9 Å². The lowest BCUT2D eigenvalue weighted by Gasteiger charge is -2.38. The number of hydrogen-bond acceptors (Lipinski definition) is 5. The molecular formula is C32H38N2O4. The van der Waals surface area contributed by atoms with E-state index in [9.17, 15) is 9.90 Å². The van der Waals surface area contributed by atoms with Crippen molar-refractivity contribution in [3.05, 3.63) is 101 Å². The summed E-state index contributed by atoms with van der Waals surface area (Å²) in [7, 11) is 0. The molecule has 5 rings (SSSR count). The molecule has 6 heteroatoms. The molecule has 2 saturated heterocycles. The molecule has 2 aliphatic rings. The maximum Gasteiger partial charge on any atom is 0.255 e. The van der Waals surface area contributed by atoms with Crippen LogP contribution in [-0.2, 0) is 16.1 Å². The quantitative estimate of drug-likeness (QED) is 0.390. The molecular weight excluding hydrogens is 476 g/mol. The van der Waals surface area contributed by atoms with Gasteiger partial charge in [-0.3, -0.25) is 4.79 Å². The number of aliphatic hydroxyl groups is 1. The van der Waals surface area contributed by atoms with Gasteiger partial charge in [0, 0.05) is 29.8 Å². The van der Waals surface area contributed by atoms with E-state index in [1.807, 2.05) is 66.7 Å². The standard InChI is InChI=1S/C32H38N2O4/c35-23-24-11-13-25(14-12-24)30-21-29(22-34-19-7-2-1-3-8-20-34)37-32(38-30)27-15-17-28(18-16-27)33-31(36)26-9-5-4-6-10-26/h4-6,9-18,29-30,32,35H,1-3,7-8,19-23H2,(H,33,36)/t29-,30+,32+/m1/s1. The fraction of sp³-hybridized carbons (Fsp3) is 0.406. The van der Waals surface area contributed by atoms with Gasteiger partial charge in [0.05, 0.1) is 18.8 Å². The van der Waals surface area contributed by atoms with Gasteiger partial charge in [0.1, 0.15) is 0 Å². The second-order valence-electron chi connectivity index (χ2n) is 10.4. The average Bonchev–Trinajstić information content (AvgIpc) is 2.95. The first-order chi connectivity index (χ1) is 18.7.